The second-order valence-corrected chi connectivity index (χ2v) is 5.19. The monoisotopic (exact) mass is 298 g/mol. The Hall–Kier alpha value is -1.32. The van der Waals surface area contributed by atoms with Crippen molar-refractivity contribution in [2.45, 2.75) is 72.6 Å². The Morgan fingerprint density at radius 3 is 1.86 bits per heavy atom. The molecule has 0 saturated carbocycles. The van der Waals surface area contributed by atoms with E-state index in [-0.39, 0.29) is 5.97 Å². The Morgan fingerprint density at radius 1 is 0.762 bits per heavy atom. The highest BCUT2D eigenvalue weighted by Crippen LogP contribution is 2.17. The van der Waals surface area contributed by atoms with E-state index < -0.39 is 5.97 Å². The molecule has 21 heavy (non-hydrogen) atoms. The normalized spacial score (nSPS) is 11.8. The summed E-state index contributed by atoms with van der Waals surface area (Å²) in [4.78, 5) is 24.0. The van der Waals surface area contributed by atoms with Crippen molar-refractivity contribution >= 4 is 11.9 Å². The van der Waals surface area contributed by atoms with E-state index >= 15 is 0 Å². The van der Waals surface area contributed by atoms with Crippen LogP contribution in [0.3, 0.4) is 0 Å². The first kappa shape index (κ1) is 19.7. The highest BCUT2D eigenvalue weighted by atomic mass is 16.5. The number of carbonyl (C=O) groups excluding carboxylic acids is 2. The third kappa shape index (κ3) is 8.53. The Kier molecular flexibility index (Phi) is 11.6. The molecule has 0 N–H and O–H groups in total. The summed E-state index contributed by atoms with van der Waals surface area (Å²) in [7, 11) is 0. The van der Waals surface area contributed by atoms with Crippen molar-refractivity contribution in [3.05, 3.63) is 11.1 Å². The lowest BCUT2D eigenvalue weighted by atomic mass is 10.0. The number of hydrogen-bond acceptors (Lipinski definition) is 4. The van der Waals surface area contributed by atoms with Gasteiger partial charge in [-0.1, -0.05) is 40.0 Å². The zero-order chi connectivity index (χ0) is 16.1. The Labute approximate surface area is 128 Å². The number of unbranched alkanes of at least 4 members (excludes halogenated alkanes) is 3. The zero-order valence-corrected chi connectivity index (χ0v) is 14.0. The standard InChI is InChI=1S/C17H30O4/c1-5-8-9-10-11-15(17(19)21-13-7-3)14(4)16(18)20-12-6-2/h5-13H2,1-4H3. The summed E-state index contributed by atoms with van der Waals surface area (Å²) in [5.41, 5.74) is 0.863. The highest BCUT2D eigenvalue weighted by Gasteiger charge is 2.19. The Bertz CT molecular complexity index is 345. The summed E-state index contributed by atoms with van der Waals surface area (Å²) in [6.07, 6.45) is 6.34. The molecule has 0 fully saturated rings. The van der Waals surface area contributed by atoms with Gasteiger partial charge in [-0.15, -0.1) is 0 Å². The maximum absolute atomic E-state index is 12.1. The smallest absolute Gasteiger partial charge is 0.334 e. The molecule has 4 nitrogen and oxygen atoms in total. The van der Waals surface area contributed by atoms with Crippen LogP contribution >= 0.6 is 0 Å². The van der Waals surface area contributed by atoms with Crippen molar-refractivity contribution in [3.8, 4) is 0 Å². The molecule has 0 bridgehead atoms. The second kappa shape index (κ2) is 12.4. The molecule has 0 radical (unpaired) electrons. The third-order valence-corrected chi connectivity index (χ3v) is 3.16. The van der Waals surface area contributed by atoms with E-state index in [1.54, 1.807) is 6.92 Å². The van der Waals surface area contributed by atoms with E-state index in [4.69, 9.17) is 9.47 Å². The molecule has 0 aromatic heterocycles. The molecule has 0 aromatic carbocycles. The average molecular weight is 298 g/mol. The molecule has 0 saturated heterocycles. The molecular formula is C17H30O4. The van der Waals surface area contributed by atoms with E-state index in [0.29, 0.717) is 30.8 Å². The van der Waals surface area contributed by atoms with Crippen LogP contribution in [-0.2, 0) is 19.1 Å². The lowest BCUT2D eigenvalue weighted by Crippen LogP contribution is -2.16. The molecule has 0 spiro atoms. The van der Waals surface area contributed by atoms with Crippen LogP contribution in [0, 0.1) is 0 Å². The fraction of sp³-hybridized carbons (Fsp3) is 0.765. The molecular weight excluding hydrogens is 268 g/mol. The van der Waals surface area contributed by atoms with Gasteiger partial charge >= 0.3 is 11.9 Å². The average Bonchev–Trinajstić information content (AvgIpc) is 2.49. The van der Waals surface area contributed by atoms with Crippen molar-refractivity contribution < 1.29 is 19.1 Å². The molecule has 0 heterocycles. The SMILES string of the molecule is CCCCCCC(C(=O)OCCC)=C(C)C(=O)OCCC. The fourth-order valence-electron chi connectivity index (χ4n) is 1.88. The predicted octanol–water partition coefficient (Wildman–Crippen LogP) is 4.18. The van der Waals surface area contributed by atoms with Gasteiger partial charge in [0.1, 0.15) is 0 Å². The summed E-state index contributed by atoms with van der Waals surface area (Å²) < 4.78 is 10.3. The van der Waals surface area contributed by atoms with Gasteiger partial charge in [0.25, 0.3) is 0 Å². The minimum Gasteiger partial charge on any atom is -0.462 e. The third-order valence-electron chi connectivity index (χ3n) is 3.16. The van der Waals surface area contributed by atoms with E-state index in [0.717, 1.165) is 38.5 Å². The van der Waals surface area contributed by atoms with Crippen molar-refractivity contribution in [1.82, 2.24) is 0 Å². The van der Waals surface area contributed by atoms with Crippen molar-refractivity contribution in [3.63, 3.8) is 0 Å². The quantitative estimate of drug-likeness (QED) is 0.326. The van der Waals surface area contributed by atoms with Gasteiger partial charge < -0.3 is 9.47 Å². The summed E-state index contributed by atoms with van der Waals surface area (Å²) in [5.74, 6) is -0.782. The maximum Gasteiger partial charge on any atom is 0.334 e. The molecule has 0 aromatic rings. The van der Waals surface area contributed by atoms with E-state index in [1.165, 1.54) is 0 Å². The fourth-order valence-corrected chi connectivity index (χ4v) is 1.88. The molecule has 4 heteroatoms. The lowest BCUT2D eigenvalue weighted by Gasteiger charge is -2.11. The van der Waals surface area contributed by atoms with Crippen LogP contribution in [0.15, 0.2) is 11.1 Å². The molecule has 122 valence electrons. The van der Waals surface area contributed by atoms with Gasteiger partial charge in [0.2, 0.25) is 0 Å². The summed E-state index contributed by atoms with van der Waals surface area (Å²) >= 11 is 0. The van der Waals surface area contributed by atoms with E-state index in [2.05, 4.69) is 6.92 Å². The van der Waals surface area contributed by atoms with Crippen LogP contribution < -0.4 is 0 Å². The van der Waals surface area contributed by atoms with Crippen LogP contribution in [0.4, 0.5) is 0 Å². The molecule has 0 rings (SSSR count). The highest BCUT2D eigenvalue weighted by molar-refractivity contribution is 5.99. The molecule has 0 aliphatic heterocycles. The Balaban J connectivity index is 4.81. The number of esters is 2. The van der Waals surface area contributed by atoms with Gasteiger partial charge in [-0.05, 0) is 32.6 Å². The van der Waals surface area contributed by atoms with Gasteiger partial charge in [-0.3, -0.25) is 0 Å². The van der Waals surface area contributed by atoms with Gasteiger partial charge in [0.15, 0.2) is 0 Å². The second-order valence-electron chi connectivity index (χ2n) is 5.19. The molecule has 0 aliphatic rings. The number of hydrogen-bond donors (Lipinski definition) is 0. The molecule has 0 unspecified atom stereocenters. The lowest BCUT2D eigenvalue weighted by molar-refractivity contribution is -0.142. The first-order chi connectivity index (χ1) is 10.1. The van der Waals surface area contributed by atoms with Gasteiger partial charge in [-0.25, -0.2) is 9.59 Å². The van der Waals surface area contributed by atoms with E-state index in [1.807, 2.05) is 13.8 Å². The van der Waals surface area contributed by atoms with Crippen LogP contribution in [0.25, 0.3) is 0 Å². The zero-order valence-electron chi connectivity index (χ0n) is 14.0. The first-order valence-electron chi connectivity index (χ1n) is 8.12. The minimum atomic E-state index is -0.407. The van der Waals surface area contributed by atoms with Crippen LogP contribution in [0.1, 0.15) is 72.6 Å². The van der Waals surface area contributed by atoms with Gasteiger partial charge in [0.05, 0.1) is 13.2 Å². The first-order valence-corrected chi connectivity index (χ1v) is 8.12. The Morgan fingerprint density at radius 2 is 1.33 bits per heavy atom. The van der Waals surface area contributed by atoms with E-state index in [9.17, 15) is 9.59 Å². The number of ether oxygens (including phenoxy) is 2. The molecule has 0 amide bonds. The van der Waals surface area contributed by atoms with Gasteiger partial charge in [0, 0.05) is 11.1 Å². The van der Waals surface area contributed by atoms with Crippen LogP contribution in [0.5, 0.6) is 0 Å². The summed E-state index contributed by atoms with van der Waals surface area (Å²) in [6, 6.07) is 0. The summed E-state index contributed by atoms with van der Waals surface area (Å²) in [6.45, 7) is 8.44. The minimum absolute atomic E-state index is 0.376. The number of carbonyl (C=O) groups is 2. The topological polar surface area (TPSA) is 52.6 Å². The predicted molar refractivity (Wildman–Crippen MR) is 84.0 cm³/mol. The number of rotatable bonds is 11. The molecule has 0 atom stereocenters. The van der Waals surface area contributed by atoms with Crippen LogP contribution in [-0.4, -0.2) is 25.2 Å². The van der Waals surface area contributed by atoms with Crippen molar-refractivity contribution in [2.24, 2.45) is 0 Å². The van der Waals surface area contributed by atoms with Crippen molar-refractivity contribution in [2.75, 3.05) is 13.2 Å². The largest absolute Gasteiger partial charge is 0.462 e. The summed E-state index contributed by atoms with van der Waals surface area (Å²) in [5, 5.41) is 0. The van der Waals surface area contributed by atoms with Crippen LogP contribution in [0.2, 0.25) is 0 Å². The molecule has 0 aliphatic carbocycles. The van der Waals surface area contributed by atoms with Gasteiger partial charge in [-0.2, -0.15) is 0 Å². The maximum atomic E-state index is 12.1. The van der Waals surface area contributed by atoms with Crippen molar-refractivity contribution in [1.29, 1.82) is 0 Å².